The summed E-state index contributed by atoms with van der Waals surface area (Å²) in [5.74, 6) is 1.59. The van der Waals surface area contributed by atoms with Crippen molar-refractivity contribution >= 4 is 22.6 Å². The predicted molar refractivity (Wildman–Crippen MR) is 114 cm³/mol. The van der Waals surface area contributed by atoms with E-state index in [0.717, 1.165) is 24.4 Å². The number of aliphatic hydroxyl groups is 3. The van der Waals surface area contributed by atoms with E-state index >= 15 is 0 Å². The van der Waals surface area contributed by atoms with Crippen LogP contribution in [0.1, 0.15) is 32.3 Å². The van der Waals surface area contributed by atoms with Crippen LogP contribution in [0.2, 0.25) is 0 Å². The lowest BCUT2D eigenvalue weighted by Crippen LogP contribution is -2.23. The molecule has 1 unspecified atom stereocenters. The first-order chi connectivity index (χ1) is 12.9. The zero-order valence-corrected chi connectivity index (χ0v) is 18.1. The van der Waals surface area contributed by atoms with Gasteiger partial charge in [0.1, 0.15) is 25.1 Å². The van der Waals surface area contributed by atoms with Crippen LogP contribution in [0.5, 0.6) is 5.75 Å². The largest absolute Gasteiger partial charge is 0.495 e. The molecular weight excluding hydrogens is 459 g/mol. The fourth-order valence-electron chi connectivity index (χ4n) is 2.91. The maximum Gasteiger partial charge on any atom is 0.119 e. The molecule has 1 aromatic rings. The Morgan fingerprint density at radius 3 is 2.22 bits per heavy atom. The van der Waals surface area contributed by atoms with Gasteiger partial charge in [-0.25, -0.2) is 0 Å². The second-order valence-electron chi connectivity index (χ2n) is 7.24. The van der Waals surface area contributed by atoms with Crippen LogP contribution in [0, 0.1) is 0 Å². The molecule has 0 saturated heterocycles. The molecule has 150 valence electrons. The van der Waals surface area contributed by atoms with E-state index in [1.807, 2.05) is 18.2 Å². The SMILES string of the molecule is CC(C)(C1=CC=C(OC[C@@H](O)CO)CC1)c1ccc(OCC(O)CI)cc1. The minimum Gasteiger partial charge on any atom is -0.495 e. The maximum absolute atomic E-state index is 9.60. The van der Waals surface area contributed by atoms with Crippen molar-refractivity contribution in [3.8, 4) is 5.75 Å². The number of hydrogen-bond acceptors (Lipinski definition) is 5. The molecule has 2 rings (SSSR count). The van der Waals surface area contributed by atoms with Crippen LogP contribution in [-0.4, -0.2) is 51.8 Å². The third-order valence-corrected chi connectivity index (χ3v) is 5.80. The van der Waals surface area contributed by atoms with Crippen molar-refractivity contribution in [2.45, 2.75) is 44.3 Å². The van der Waals surface area contributed by atoms with E-state index in [9.17, 15) is 10.2 Å². The minimum atomic E-state index is -0.841. The van der Waals surface area contributed by atoms with Crippen LogP contribution >= 0.6 is 22.6 Å². The van der Waals surface area contributed by atoms with Gasteiger partial charge in [-0.05, 0) is 30.2 Å². The summed E-state index contributed by atoms with van der Waals surface area (Å²) < 4.78 is 11.8. The summed E-state index contributed by atoms with van der Waals surface area (Å²) in [5, 5.41) is 27.8. The van der Waals surface area contributed by atoms with Gasteiger partial charge >= 0.3 is 0 Å². The van der Waals surface area contributed by atoms with Crippen molar-refractivity contribution in [2.24, 2.45) is 0 Å². The molecule has 0 aliphatic heterocycles. The molecule has 1 aliphatic rings. The zero-order chi connectivity index (χ0) is 19.9. The summed E-state index contributed by atoms with van der Waals surface area (Å²) in [6.45, 7) is 4.52. The highest BCUT2D eigenvalue weighted by Crippen LogP contribution is 2.37. The van der Waals surface area contributed by atoms with E-state index in [0.29, 0.717) is 11.0 Å². The standard InChI is InChI=1S/C21H29IO5/c1-21(2,15-3-7-19(8-4-15)26-13-17(24)11-22)16-5-9-20(10-6-16)27-14-18(25)12-23/h3-5,7-9,17-18,23-25H,6,10-14H2,1-2H3/t17?,18-/m0/s1. The third-order valence-electron chi connectivity index (χ3n) is 4.78. The summed E-state index contributed by atoms with van der Waals surface area (Å²) in [6, 6.07) is 8.03. The van der Waals surface area contributed by atoms with Crippen molar-refractivity contribution in [3.05, 3.63) is 53.3 Å². The summed E-state index contributed by atoms with van der Waals surface area (Å²) in [4.78, 5) is 0. The molecule has 0 amide bonds. The average molecular weight is 488 g/mol. The normalized spacial score (nSPS) is 17.0. The number of alkyl halides is 1. The van der Waals surface area contributed by atoms with Crippen molar-refractivity contribution in [3.63, 3.8) is 0 Å². The fourth-order valence-corrected chi connectivity index (χ4v) is 3.16. The quantitative estimate of drug-likeness (QED) is 0.349. The first-order valence-corrected chi connectivity index (χ1v) is 10.7. The average Bonchev–Trinajstić information content (AvgIpc) is 2.70. The molecular formula is C21H29IO5. The smallest absolute Gasteiger partial charge is 0.119 e. The summed E-state index contributed by atoms with van der Waals surface area (Å²) in [6.07, 6.45) is 4.41. The molecule has 0 heterocycles. The maximum atomic E-state index is 9.60. The molecule has 0 radical (unpaired) electrons. The molecule has 6 heteroatoms. The Morgan fingerprint density at radius 2 is 1.67 bits per heavy atom. The Balaban J connectivity index is 2.00. The summed E-state index contributed by atoms with van der Waals surface area (Å²) in [5.41, 5.74) is 2.39. The molecule has 0 spiro atoms. The second kappa shape index (κ2) is 10.5. The summed E-state index contributed by atoms with van der Waals surface area (Å²) in [7, 11) is 0. The molecule has 27 heavy (non-hydrogen) atoms. The molecule has 0 fully saturated rings. The van der Waals surface area contributed by atoms with E-state index < -0.39 is 12.2 Å². The number of hydrogen-bond donors (Lipinski definition) is 3. The summed E-state index contributed by atoms with van der Waals surface area (Å²) >= 11 is 2.13. The van der Waals surface area contributed by atoms with Gasteiger partial charge in [0, 0.05) is 16.3 Å². The minimum absolute atomic E-state index is 0.114. The zero-order valence-electron chi connectivity index (χ0n) is 15.9. The first kappa shape index (κ1) is 22.2. The highest BCUT2D eigenvalue weighted by atomic mass is 127. The van der Waals surface area contributed by atoms with Gasteiger partial charge in [0.25, 0.3) is 0 Å². The lowest BCUT2D eigenvalue weighted by molar-refractivity contribution is 0.0281. The van der Waals surface area contributed by atoms with Crippen LogP contribution in [0.3, 0.4) is 0 Å². The van der Waals surface area contributed by atoms with E-state index in [1.54, 1.807) is 0 Å². The van der Waals surface area contributed by atoms with Crippen LogP contribution in [0.4, 0.5) is 0 Å². The Kier molecular flexibility index (Phi) is 8.60. The van der Waals surface area contributed by atoms with E-state index in [-0.39, 0.29) is 18.6 Å². The topological polar surface area (TPSA) is 79.2 Å². The first-order valence-electron chi connectivity index (χ1n) is 9.16. The number of ether oxygens (including phenoxy) is 2. The van der Waals surface area contributed by atoms with Gasteiger partial charge in [-0.15, -0.1) is 0 Å². The van der Waals surface area contributed by atoms with Crippen LogP contribution in [0.25, 0.3) is 0 Å². The van der Waals surface area contributed by atoms with Gasteiger partial charge in [0.15, 0.2) is 0 Å². The Morgan fingerprint density at radius 1 is 1.00 bits per heavy atom. The Bertz CT molecular complexity index is 651. The Labute approximate surface area is 174 Å². The van der Waals surface area contributed by atoms with Gasteiger partial charge in [0.2, 0.25) is 0 Å². The fraction of sp³-hybridized carbons (Fsp3) is 0.524. The molecule has 2 atom stereocenters. The Hall–Kier alpha value is -1.09. The van der Waals surface area contributed by atoms with Gasteiger partial charge in [-0.3, -0.25) is 0 Å². The van der Waals surface area contributed by atoms with E-state index in [1.165, 1.54) is 11.1 Å². The molecule has 0 saturated carbocycles. The van der Waals surface area contributed by atoms with Gasteiger partial charge in [-0.2, -0.15) is 0 Å². The van der Waals surface area contributed by atoms with Crippen molar-refractivity contribution < 1.29 is 24.8 Å². The van der Waals surface area contributed by atoms with Crippen molar-refractivity contribution in [1.29, 1.82) is 0 Å². The number of rotatable bonds is 10. The number of aliphatic hydroxyl groups excluding tert-OH is 3. The molecule has 5 nitrogen and oxygen atoms in total. The van der Waals surface area contributed by atoms with E-state index in [4.69, 9.17) is 14.6 Å². The predicted octanol–water partition coefficient (Wildman–Crippen LogP) is 3.11. The lowest BCUT2D eigenvalue weighted by atomic mass is 9.74. The highest BCUT2D eigenvalue weighted by molar-refractivity contribution is 14.1. The van der Waals surface area contributed by atoms with Gasteiger partial charge < -0.3 is 24.8 Å². The van der Waals surface area contributed by atoms with Crippen molar-refractivity contribution in [2.75, 3.05) is 24.2 Å². The molecule has 1 aliphatic carbocycles. The molecule has 0 bridgehead atoms. The highest BCUT2D eigenvalue weighted by Gasteiger charge is 2.27. The van der Waals surface area contributed by atoms with Gasteiger partial charge in [0.05, 0.1) is 18.5 Å². The second-order valence-corrected chi connectivity index (χ2v) is 8.12. The molecule has 0 aromatic heterocycles. The van der Waals surface area contributed by atoms with Gasteiger partial charge in [-0.1, -0.05) is 60.2 Å². The van der Waals surface area contributed by atoms with Crippen molar-refractivity contribution in [1.82, 2.24) is 0 Å². The monoisotopic (exact) mass is 488 g/mol. The van der Waals surface area contributed by atoms with E-state index in [2.05, 4.69) is 54.6 Å². The third kappa shape index (κ3) is 6.48. The number of benzene rings is 1. The van der Waals surface area contributed by atoms with Crippen LogP contribution in [0.15, 0.2) is 47.7 Å². The van der Waals surface area contributed by atoms with Crippen LogP contribution < -0.4 is 4.74 Å². The molecule has 3 N–H and O–H groups in total. The molecule has 1 aromatic carbocycles. The number of allylic oxidation sites excluding steroid dienone is 4. The number of halogens is 1. The lowest BCUT2D eigenvalue weighted by Gasteiger charge is -2.31. The van der Waals surface area contributed by atoms with Crippen LogP contribution in [-0.2, 0) is 10.2 Å².